The minimum absolute atomic E-state index is 0.550. The molecule has 1 aliphatic carbocycles. The number of para-hydroxylation sites is 2. The average Bonchev–Trinajstić information content (AvgIpc) is 4.04. The molecule has 0 spiro atoms. The van der Waals surface area contributed by atoms with E-state index in [1.807, 2.05) is 0 Å². The van der Waals surface area contributed by atoms with Crippen molar-refractivity contribution < 1.29 is 0 Å². The molecule has 0 atom stereocenters. The highest BCUT2D eigenvalue weighted by atomic mass is 15.0. The fourth-order valence-electron chi connectivity index (χ4n) is 12.4. The van der Waals surface area contributed by atoms with Gasteiger partial charge in [-0.2, -0.15) is 0 Å². The van der Waals surface area contributed by atoms with Gasteiger partial charge < -0.3 is 4.57 Å². The smallest absolute Gasteiger partial charge is 0.160 e. The van der Waals surface area contributed by atoms with Gasteiger partial charge in [0, 0.05) is 33.2 Å². The molecule has 2 aromatic heterocycles. The van der Waals surface area contributed by atoms with Gasteiger partial charge >= 0.3 is 0 Å². The first-order valence-electron chi connectivity index (χ1n) is 25.5. The van der Waals surface area contributed by atoms with Crippen LogP contribution in [0.15, 0.2) is 273 Å². The molecule has 3 heteroatoms. The normalized spacial score (nSPS) is 12.7. The second-order valence-electron chi connectivity index (χ2n) is 19.6. The fraction of sp³-hybridized carbons (Fsp3) is 0.0141. The molecule has 0 bridgehead atoms. The molecule has 0 saturated heterocycles. The molecular weight excluding hydrogens is 895 g/mol. The Balaban J connectivity index is 0.990. The summed E-state index contributed by atoms with van der Waals surface area (Å²) in [5.74, 6) is 0.673. The molecule has 3 nitrogen and oxygen atoms in total. The lowest BCUT2D eigenvalue weighted by Gasteiger charge is -2.34. The van der Waals surface area contributed by atoms with E-state index >= 15 is 0 Å². The first-order chi connectivity index (χ1) is 36.7. The molecule has 0 unspecified atom stereocenters. The van der Waals surface area contributed by atoms with E-state index < -0.39 is 5.41 Å². The zero-order valence-electron chi connectivity index (χ0n) is 40.3. The first kappa shape index (κ1) is 42.0. The van der Waals surface area contributed by atoms with Gasteiger partial charge in [0.1, 0.15) is 0 Å². The molecule has 0 N–H and O–H groups in total. The molecule has 344 valence electrons. The lowest BCUT2D eigenvalue weighted by atomic mass is 9.67. The van der Waals surface area contributed by atoms with Crippen LogP contribution in [0.25, 0.3) is 116 Å². The van der Waals surface area contributed by atoms with Crippen LogP contribution in [0.3, 0.4) is 0 Å². The largest absolute Gasteiger partial charge is 0.309 e. The van der Waals surface area contributed by atoms with Gasteiger partial charge in [0.25, 0.3) is 0 Å². The Labute approximate surface area is 429 Å². The number of fused-ring (bicyclic) bond motifs is 12. The Morgan fingerprint density at radius 3 is 1.38 bits per heavy atom. The Morgan fingerprint density at radius 2 is 0.743 bits per heavy atom. The van der Waals surface area contributed by atoms with Crippen LogP contribution in [-0.4, -0.2) is 14.5 Å². The maximum atomic E-state index is 5.51. The third-order valence-corrected chi connectivity index (χ3v) is 15.6. The SMILES string of the molecule is c1ccc(-c2nc(-c3cc(-c4ccc5c6ccccc6c6ccccc6c5c4)cc(-n4c5ccccc5c5ccccc54)c3)cc(-c3ccc4c(c3)C(c3ccccc3)(c3ccccc3)c3ccccc3-4)n2)cc1. The highest BCUT2D eigenvalue weighted by Crippen LogP contribution is 2.57. The van der Waals surface area contributed by atoms with Gasteiger partial charge in [0.05, 0.1) is 27.8 Å². The average molecular weight is 940 g/mol. The van der Waals surface area contributed by atoms with Gasteiger partial charge in [0.15, 0.2) is 5.82 Å². The standard InChI is InChI=1S/C71H45N3/c1-4-20-46(21-5-1)70-72-66(48-37-39-60-59-30-14-17-33-64(59)71(65(60)44-48,51-22-6-2-7-23-51)52-24-8-3-9-25-52)45-67(73-70)50-40-49(41-53(42-50)74-68-34-18-15-31-61(68)62-32-16-19-35-69(62)74)47-36-38-58-56-28-11-10-26-54(56)55-27-12-13-29-57(55)63(58)43-47/h1-45H. The van der Waals surface area contributed by atoms with E-state index in [1.54, 1.807) is 0 Å². The monoisotopic (exact) mass is 939 g/mol. The van der Waals surface area contributed by atoms with Gasteiger partial charge in [-0.1, -0.05) is 224 Å². The van der Waals surface area contributed by atoms with Crippen molar-refractivity contribution in [3.63, 3.8) is 0 Å². The van der Waals surface area contributed by atoms with Crippen LogP contribution in [0, 0.1) is 0 Å². The van der Waals surface area contributed by atoms with Gasteiger partial charge in [-0.15, -0.1) is 0 Å². The Hall–Kier alpha value is -9.70. The number of benzene rings is 12. The van der Waals surface area contributed by atoms with Crippen LogP contribution in [0.5, 0.6) is 0 Å². The molecule has 14 aromatic rings. The van der Waals surface area contributed by atoms with Crippen molar-refractivity contribution >= 4 is 54.1 Å². The quantitative estimate of drug-likeness (QED) is 0.149. The van der Waals surface area contributed by atoms with Crippen LogP contribution in [-0.2, 0) is 5.41 Å². The van der Waals surface area contributed by atoms with Crippen molar-refractivity contribution in [1.29, 1.82) is 0 Å². The minimum atomic E-state index is -0.550. The van der Waals surface area contributed by atoms with E-state index in [1.165, 1.54) is 76.5 Å². The van der Waals surface area contributed by atoms with Crippen LogP contribution in [0.2, 0.25) is 0 Å². The Kier molecular flexibility index (Phi) is 9.48. The number of hydrogen-bond donors (Lipinski definition) is 0. The molecule has 15 rings (SSSR count). The van der Waals surface area contributed by atoms with Gasteiger partial charge in [0.2, 0.25) is 0 Å². The summed E-state index contributed by atoms with van der Waals surface area (Å²) in [5.41, 5.74) is 17.2. The Bertz CT molecular complexity index is 4410. The fourth-order valence-corrected chi connectivity index (χ4v) is 12.4. The zero-order valence-corrected chi connectivity index (χ0v) is 40.3. The van der Waals surface area contributed by atoms with Crippen LogP contribution >= 0.6 is 0 Å². The molecule has 2 heterocycles. The molecule has 0 amide bonds. The van der Waals surface area contributed by atoms with Crippen molar-refractivity contribution in [2.24, 2.45) is 0 Å². The molecular formula is C71H45N3. The highest BCUT2D eigenvalue weighted by Gasteiger charge is 2.46. The lowest BCUT2D eigenvalue weighted by Crippen LogP contribution is -2.28. The molecule has 0 fully saturated rings. The molecule has 0 saturated carbocycles. The third kappa shape index (κ3) is 6.40. The van der Waals surface area contributed by atoms with Crippen LogP contribution in [0.1, 0.15) is 22.3 Å². The Morgan fingerprint density at radius 1 is 0.270 bits per heavy atom. The summed E-state index contributed by atoms with van der Waals surface area (Å²) < 4.78 is 2.42. The summed E-state index contributed by atoms with van der Waals surface area (Å²) in [5, 5.41) is 9.95. The number of hydrogen-bond acceptors (Lipinski definition) is 2. The van der Waals surface area contributed by atoms with E-state index in [4.69, 9.17) is 9.97 Å². The summed E-state index contributed by atoms with van der Waals surface area (Å²) in [6, 6.07) is 99.7. The summed E-state index contributed by atoms with van der Waals surface area (Å²) in [6.07, 6.45) is 0. The maximum absolute atomic E-state index is 5.51. The first-order valence-corrected chi connectivity index (χ1v) is 25.5. The van der Waals surface area contributed by atoms with Crippen molar-refractivity contribution in [2.75, 3.05) is 0 Å². The second kappa shape index (κ2) is 16.7. The van der Waals surface area contributed by atoms with Crippen molar-refractivity contribution in [2.45, 2.75) is 5.41 Å². The molecule has 74 heavy (non-hydrogen) atoms. The predicted molar refractivity (Wildman–Crippen MR) is 308 cm³/mol. The molecule has 0 radical (unpaired) electrons. The highest BCUT2D eigenvalue weighted by molar-refractivity contribution is 6.25. The van der Waals surface area contributed by atoms with Crippen molar-refractivity contribution in [3.8, 4) is 61.8 Å². The van der Waals surface area contributed by atoms with Crippen LogP contribution < -0.4 is 0 Å². The lowest BCUT2D eigenvalue weighted by molar-refractivity contribution is 0.768. The summed E-state index contributed by atoms with van der Waals surface area (Å²) in [6.45, 7) is 0. The van der Waals surface area contributed by atoms with Gasteiger partial charge in [-0.3, -0.25) is 0 Å². The second-order valence-corrected chi connectivity index (χ2v) is 19.6. The van der Waals surface area contributed by atoms with E-state index in [0.29, 0.717) is 5.82 Å². The van der Waals surface area contributed by atoms with Gasteiger partial charge in [-0.05, 0) is 125 Å². The number of nitrogens with zero attached hydrogens (tertiary/aromatic N) is 3. The molecule has 12 aromatic carbocycles. The van der Waals surface area contributed by atoms with E-state index in [-0.39, 0.29) is 0 Å². The summed E-state index contributed by atoms with van der Waals surface area (Å²) in [7, 11) is 0. The maximum Gasteiger partial charge on any atom is 0.160 e. The van der Waals surface area contributed by atoms with E-state index in [0.717, 1.165) is 55.9 Å². The van der Waals surface area contributed by atoms with Crippen LogP contribution in [0.4, 0.5) is 0 Å². The van der Waals surface area contributed by atoms with E-state index in [2.05, 4.69) is 278 Å². The zero-order chi connectivity index (χ0) is 48.7. The third-order valence-electron chi connectivity index (χ3n) is 15.6. The summed E-state index contributed by atoms with van der Waals surface area (Å²) >= 11 is 0. The van der Waals surface area contributed by atoms with Gasteiger partial charge in [-0.25, -0.2) is 9.97 Å². The van der Waals surface area contributed by atoms with E-state index in [9.17, 15) is 0 Å². The summed E-state index contributed by atoms with van der Waals surface area (Å²) in [4.78, 5) is 11.0. The van der Waals surface area contributed by atoms with Crippen molar-refractivity contribution in [3.05, 3.63) is 295 Å². The minimum Gasteiger partial charge on any atom is -0.309 e. The number of aromatic nitrogens is 3. The molecule has 1 aliphatic rings. The number of rotatable bonds is 7. The molecule has 0 aliphatic heterocycles. The van der Waals surface area contributed by atoms with Crippen molar-refractivity contribution in [1.82, 2.24) is 14.5 Å². The predicted octanol–water partition coefficient (Wildman–Crippen LogP) is 18.1. The topological polar surface area (TPSA) is 30.7 Å².